The second kappa shape index (κ2) is 11.5. The average molecular weight is 563 g/mol. The maximum Gasteiger partial charge on any atom is 0.269 e. The maximum absolute atomic E-state index is 12.7. The van der Waals surface area contributed by atoms with E-state index in [1.54, 1.807) is 24.4 Å². The molecule has 3 aromatic carbocycles. The van der Waals surface area contributed by atoms with Gasteiger partial charge in [0.25, 0.3) is 5.69 Å². The molecule has 0 aliphatic rings. The fourth-order valence-corrected chi connectivity index (χ4v) is 5.41. The third-order valence-electron chi connectivity index (χ3n) is 5.38. The number of carbonyl (C=O) groups excluding carboxylic acids is 1. The summed E-state index contributed by atoms with van der Waals surface area (Å²) in [7, 11) is 0. The Bertz CT molecular complexity index is 1590. The summed E-state index contributed by atoms with van der Waals surface area (Å²) < 4.78 is 1.89. The van der Waals surface area contributed by atoms with E-state index in [1.165, 1.54) is 35.2 Å². The molecule has 0 atom stereocenters. The Hall–Kier alpha value is -4.06. The van der Waals surface area contributed by atoms with Crippen LogP contribution in [0.3, 0.4) is 0 Å². The Morgan fingerprint density at radius 1 is 1.05 bits per heavy atom. The van der Waals surface area contributed by atoms with Crippen LogP contribution in [-0.4, -0.2) is 36.3 Å². The van der Waals surface area contributed by atoms with E-state index in [0.29, 0.717) is 27.6 Å². The van der Waals surface area contributed by atoms with E-state index in [1.807, 2.05) is 53.1 Å². The van der Waals surface area contributed by atoms with Crippen LogP contribution in [0.15, 0.2) is 90.2 Å². The van der Waals surface area contributed by atoms with E-state index in [-0.39, 0.29) is 17.3 Å². The van der Waals surface area contributed by atoms with Crippen molar-refractivity contribution >= 4 is 51.4 Å². The molecule has 190 valence electrons. The third-order valence-corrected chi connectivity index (χ3v) is 7.48. The second-order valence-electron chi connectivity index (χ2n) is 8.06. The van der Waals surface area contributed by atoms with Gasteiger partial charge in [-0.2, -0.15) is 0 Å². The number of thiazole rings is 1. The zero-order chi connectivity index (χ0) is 26.5. The first-order valence-electron chi connectivity index (χ1n) is 11.3. The molecule has 0 fully saturated rings. The van der Waals surface area contributed by atoms with E-state index in [4.69, 9.17) is 11.6 Å². The van der Waals surface area contributed by atoms with Crippen LogP contribution < -0.4 is 5.32 Å². The van der Waals surface area contributed by atoms with Crippen molar-refractivity contribution < 1.29 is 9.72 Å². The third kappa shape index (κ3) is 6.08. The van der Waals surface area contributed by atoms with Crippen LogP contribution >= 0.6 is 34.7 Å². The van der Waals surface area contributed by atoms with Gasteiger partial charge in [-0.25, -0.2) is 4.98 Å². The molecule has 0 saturated heterocycles. The molecule has 2 heterocycles. The van der Waals surface area contributed by atoms with Crippen molar-refractivity contribution in [1.29, 1.82) is 0 Å². The number of nitrogens with zero attached hydrogens (tertiary/aromatic N) is 5. The van der Waals surface area contributed by atoms with E-state index >= 15 is 0 Å². The van der Waals surface area contributed by atoms with Crippen LogP contribution in [0.1, 0.15) is 10.4 Å². The largest absolute Gasteiger partial charge is 0.301 e. The molecule has 5 rings (SSSR count). The highest BCUT2D eigenvalue weighted by atomic mass is 35.5. The lowest BCUT2D eigenvalue weighted by atomic mass is 10.1. The van der Waals surface area contributed by atoms with E-state index in [0.717, 1.165) is 21.7 Å². The molecule has 2 aromatic heterocycles. The molecule has 9 nitrogen and oxygen atoms in total. The molecule has 12 heteroatoms. The first-order valence-corrected chi connectivity index (χ1v) is 13.5. The number of hydrogen-bond acceptors (Lipinski definition) is 8. The Kier molecular flexibility index (Phi) is 7.78. The normalized spacial score (nSPS) is 10.9. The Morgan fingerprint density at radius 3 is 2.61 bits per heavy atom. The number of rotatable bonds is 9. The number of amides is 1. The first-order chi connectivity index (χ1) is 18.5. The van der Waals surface area contributed by atoms with Crippen molar-refractivity contribution in [2.75, 3.05) is 11.1 Å². The lowest BCUT2D eigenvalue weighted by molar-refractivity contribution is -0.384. The van der Waals surface area contributed by atoms with Crippen molar-refractivity contribution in [3.63, 3.8) is 0 Å². The zero-order valence-electron chi connectivity index (χ0n) is 19.7. The van der Waals surface area contributed by atoms with E-state index in [2.05, 4.69) is 20.5 Å². The Balaban J connectivity index is 1.27. The van der Waals surface area contributed by atoms with Crippen LogP contribution in [0.2, 0.25) is 5.02 Å². The Labute approximate surface area is 230 Å². The number of nitro groups is 1. The number of nitro benzene ring substituents is 1. The summed E-state index contributed by atoms with van der Waals surface area (Å²) in [5.41, 5.74) is 2.56. The lowest BCUT2D eigenvalue weighted by Gasteiger charge is -2.10. The number of aromatic nitrogens is 4. The summed E-state index contributed by atoms with van der Waals surface area (Å²) in [6.45, 7) is 0. The molecule has 0 bridgehead atoms. The predicted molar refractivity (Wildman–Crippen MR) is 149 cm³/mol. The standard InChI is InChI=1S/C26H19ClN6O3S2/c27-19-9-11-20(12-10-19)32-24(18-6-2-1-3-7-18)30-31-26(32)37-16-23(34)29-25-28-15-22(38-25)14-17-5-4-8-21(13-17)33(35)36/h1-13,15H,14,16H2,(H,28,29,34). The number of non-ortho nitro benzene ring substituents is 1. The molecule has 38 heavy (non-hydrogen) atoms. The maximum atomic E-state index is 12.7. The smallest absolute Gasteiger partial charge is 0.269 e. The molecular weight excluding hydrogens is 544 g/mol. The summed E-state index contributed by atoms with van der Waals surface area (Å²) in [5.74, 6) is 0.514. The predicted octanol–water partition coefficient (Wildman–Crippen LogP) is 6.27. The number of nitrogens with one attached hydrogen (secondary N) is 1. The van der Waals surface area contributed by atoms with Crippen molar-refractivity contribution in [2.45, 2.75) is 11.6 Å². The molecule has 0 unspecified atom stereocenters. The van der Waals surface area contributed by atoms with Crippen LogP contribution in [-0.2, 0) is 11.2 Å². The second-order valence-corrected chi connectivity index (χ2v) is 10.6. The monoisotopic (exact) mass is 562 g/mol. The average Bonchev–Trinajstić information content (AvgIpc) is 3.55. The number of hydrogen-bond donors (Lipinski definition) is 1. The van der Waals surface area contributed by atoms with E-state index in [9.17, 15) is 14.9 Å². The van der Waals surface area contributed by atoms with E-state index < -0.39 is 4.92 Å². The van der Waals surface area contributed by atoms with Gasteiger partial charge in [0.05, 0.1) is 10.7 Å². The summed E-state index contributed by atoms with van der Waals surface area (Å²) in [6.07, 6.45) is 2.14. The van der Waals surface area contributed by atoms with Gasteiger partial charge >= 0.3 is 0 Å². The van der Waals surface area contributed by atoms with Gasteiger partial charge < -0.3 is 5.32 Å². The molecule has 5 aromatic rings. The minimum Gasteiger partial charge on any atom is -0.301 e. The highest BCUT2D eigenvalue weighted by Gasteiger charge is 2.18. The summed E-state index contributed by atoms with van der Waals surface area (Å²) >= 11 is 8.67. The highest BCUT2D eigenvalue weighted by molar-refractivity contribution is 7.99. The number of carbonyl (C=O) groups is 1. The van der Waals surface area contributed by atoms with Crippen molar-refractivity contribution in [2.24, 2.45) is 0 Å². The number of halogens is 1. The Morgan fingerprint density at radius 2 is 1.84 bits per heavy atom. The van der Waals surface area contributed by atoms with Crippen LogP contribution in [0.5, 0.6) is 0 Å². The minimum atomic E-state index is -0.421. The fourth-order valence-electron chi connectivity index (χ4n) is 3.67. The highest BCUT2D eigenvalue weighted by Crippen LogP contribution is 2.29. The summed E-state index contributed by atoms with van der Waals surface area (Å²) in [5, 5.41) is 24.2. The number of thioether (sulfide) groups is 1. The number of anilines is 1. The van der Waals surface area contributed by atoms with Crippen molar-refractivity contribution in [3.05, 3.63) is 111 Å². The molecule has 0 saturated carbocycles. The zero-order valence-corrected chi connectivity index (χ0v) is 22.0. The number of benzene rings is 3. The van der Waals surface area contributed by atoms with Crippen molar-refractivity contribution in [1.82, 2.24) is 19.7 Å². The van der Waals surface area contributed by atoms with Gasteiger partial charge in [0, 0.05) is 45.9 Å². The SMILES string of the molecule is O=C(CSc1nnc(-c2ccccc2)n1-c1ccc(Cl)cc1)Nc1ncc(Cc2cccc([N+](=O)[O-])c2)s1. The van der Waals surface area contributed by atoms with Gasteiger partial charge in [0.1, 0.15) is 0 Å². The van der Waals surface area contributed by atoms with Gasteiger partial charge in [0.15, 0.2) is 16.1 Å². The van der Waals surface area contributed by atoms with Crippen LogP contribution in [0, 0.1) is 10.1 Å². The molecular formula is C26H19ClN6O3S2. The fraction of sp³-hybridized carbons (Fsp3) is 0.0769. The van der Waals surface area contributed by atoms with Crippen molar-refractivity contribution in [3.8, 4) is 17.1 Å². The molecule has 0 aliphatic heterocycles. The molecule has 1 N–H and O–H groups in total. The van der Waals surface area contributed by atoms with Crippen LogP contribution in [0.25, 0.3) is 17.1 Å². The van der Waals surface area contributed by atoms with Gasteiger partial charge in [-0.05, 0) is 29.8 Å². The molecule has 0 aliphatic carbocycles. The van der Waals surface area contributed by atoms with Crippen LogP contribution in [0.4, 0.5) is 10.8 Å². The molecule has 0 radical (unpaired) electrons. The molecule has 1 amide bonds. The molecule has 0 spiro atoms. The minimum absolute atomic E-state index is 0.0411. The van der Waals surface area contributed by atoms with Gasteiger partial charge in [-0.3, -0.25) is 19.5 Å². The van der Waals surface area contributed by atoms with Gasteiger partial charge in [-0.1, -0.05) is 65.8 Å². The first kappa shape index (κ1) is 25.6. The summed E-state index contributed by atoms with van der Waals surface area (Å²) in [4.78, 5) is 28.5. The quantitative estimate of drug-likeness (QED) is 0.128. The van der Waals surface area contributed by atoms with Gasteiger partial charge in [-0.15, -0.1) is 21.5 Å². The summed E-state index contributed by atoms with van der Waals surface area (Å²) in [6, 6.07) is 23.5. The topological polar surface area (TPSA) is 116 Å². The lowest BCUT2D eigenvalue weighted by Crippen LogP contribution is -2.14. The van der Waals surface area contributed by atoms with Gasteiger partial charge in [0.2, 0.25) is 5.91 Å².